The summed E-state index contributed by atoms with van der Waals surface area (Å²) in [7, 11) is 1.50. The largest absolute Gasteiger partial charge is 0.482 e. The van der Waals surface area contributed by atoms with Crippen molar-refractivity contribution in [2.45, 2.75) is 49.8 Å². The minimum atomic E-state index is -1.79. The van der Waals surface area contributed by atoms with Gasteiger partial charge in [0.05, 0.1) is 12.8 Å². The van der Waals surface area contributed by atoms with E-state index in [0.29, 0.717) is 61.9 Å². The number of halogens is 2. The van der Waals surface area contributed by atoms with Crippen LogP contribution in [0.4, 0.5) is 8.78 Å². The van der Waals surface area contributed by atoms with Crippen molar-refractivity contribution < 1.29 is 23.1 Å². The van der Waals surface area contributed by atoms with Gasteiger partial charge in [-0.1, -0.05) is 0 Å². The van der Waals surface area contributed by atoms with E-state index in [1.165, 1.54) is 32.1 Å². The Hall–Kier alpha value is -2.23. The Balaban J connectivity index is 1.19. The number of rotatable bonds is 5. The molecular formula is C26H36F2N4O3. The average Bonchev–Trinajstić information content (AvgIpc) is 2.87. The molecule has 0 saturated carbocycles. The molecule has 1 aromatic carbocycles. The van der Waals surface area contributed by atoms with E-state index in [0.717, 1.165) is 19.6 Å². The molecule has 7 nitrogen and oxygen atoms in total. The van der Waals surface area contributed by atoms with Gasteiger partial charge < -0.3 is 19.9 Å². The van der Waals surface area contributed by atoms with Gasteiger partial charge in [0, 0.05) is 64.0 Å². The van der Waals surface area contributed by atoms with E-state index in [2.05, 4.69) is 15.7 Å². The Labute approximate surface area is 205 Å². The summed E-state index contributed by atoms with van der Waals surface area (Å²) in [6.07, 6.45) is 5.83. The fraction of sp³-hybridized carbons (Fsp3) is 0.654. The van der Waals surface area contributed by atoms with E-state index in [-0.39, 0.29) is 24.6 Å². The number of likely N-dealkylation sites (tertiary alicyclic amines) is 2. The van der Waals surface area contributed by atoms with Crippen LogP contribution < -0.4 is 15.5 Å². The van der Waals surface area contributed by atoms with E-state index < -0.39 is 11.3 Å². The van der Waals surface area contributed by atoms with Gasteiger partial charge in [0.1, 0.15) is 17.2 Å². The smallest absolute Gasteiger partial charge is 0.260 e. The van der Waals surface area contributed by atoms with E-state index in [9.17, 15) is 9.18 Å². The molecule has 0 aliphatic carbocycles. The summed E-state index contributed by atoms with van der Waals surface area (Å²) in [5, 5.41) is 3.39. The molecular weight excluding hydrogens is 454 g/mol. The van der Waals surface area contributed by atoms with E-state index in [1.54, 1.807) is 11.0 Å². The summed E-state index contributed by atoms with van der Waals surface area (Å²) in [4.78, 5) is 22.3. The number of ether oxygens (including phenoxy) is 1. The SMILES string of the molecule is CONC1=CC2(CCN(C(=O)C3(F)CCN(CC4CCNCC4)CC3)CC2)Oc2ccc(F)cc21. The normalized spacial score (nSPS) is 24.4. The van der Waals surface area contributed by atoms with Crippen molar-refractivity contribution in [2.24, 2.45) is 5.92 Å². The zero-order chi connectivity index (χ0) is 24.5. The van der Waals surface area contributed by atoms with E-state index >= 15 is 4.39 Å². The maximum atomic E-state index is 15.8. The molecule has 0 atom stereocenters. The number of carbonyl (C=O) groups excluding carboxylic acids is 1. The quantitative estimate of drug-likeness (QED) is 0.619. The average molecular weight is 491 g/mol. The number of alkyl halides is 1. The van der Waals surface area contributed by atoms with Crippen molar-refractivity contribution >= 4 is 11.6 Å². The van der Waals surface area contributed by atoms with Gasteiger partial charge >= 0.3 is 0 Å². The molecule has 192 valence electrons. The standard InChI is InChI=1S/C26H36F2N4O3/c1-34-30-22-17-25(35-23-3-2-20(27)16-21(22)23)6-14-32(15-7-25)24(33)26(28)8-12-31(13-9-26)18-19-4-10-29-11-5-19/h2-3,16-17,19,29-30H,4-15,18H2,1H3. The predicted molar refractivity (Wildman–Crippen MR) is 129 cm³/mol. The van der Waals surface area contributed by atoms with Crippen LogP contribution in [0.15, 0.2) is 24.3 Å². The highest BCUT2D eigenvalue weighted by molar-refractivity contribution is 5.85. The minimum absolute atomic E-state index is 0.260. The molecule has 1 aromatic rings. The molecule has 1 amide bonds. The molecule has 0 unspecified atom stereocenters. The first-order valence-electron chi connectivity index (χ1n) is 12.8. The highest BCUT2D eigenvalue weighted by Crippen LogP contribution is 2.41. The molecule has 2 N–H and O–H groups in total. The fourth-order valence-corrected chi connectivity index (χ4v) is 5.94. The monoisotopic (exact) mass is 490 g/mol. The summed E-state index contributed by atoms with van der Waals surface area (Å²) >= 11 is 0. The van der Waals surface area contributed by atoms with E-state index in [4.69, 9.17) is 9.57 Å². The summed E-state index contributed by atoms with van der Waals surface area (Å²) in [6.45, 7) is 5.22. The van der Waals surface area contributed by atoms with Crippen LogP contribution in [0.5, 0.6) is 5.75 Å². The molecule has 35 heavy (non-hydrogen) atoms. The van der Waals surface area contributed by atoms with Gasteiger partial charge in [-0.25, -0.2) is 8.78 Å². The number of amides is 1. The zero-order valence-electron chi connectivity index (χ0n) is 20.5. The summed E-state index contributed by atoms with van der Waals surface area (Å²) < 4.78 is 35.9. The van der Waals surface area contributed by atoms with E-state index in [1.807, 2.05) is 6.08 Å². The Morgan fingerprint density at radius 3 is 2.57 bits per heavy atom. The molecule has 1 spiro atoms. The van der Waals surface area contributed by atoms with Crippen molar-refractivity contribution in [3.63, 3.8) is 0 Å². The van der Waals surface area contributed by atoms with Gasteiger partial charge in [-0.3, -0.25) is 15.1 Å². The van der Waals surface area contributed by atoms with Crippen molar-refractivity contribution in [3.05, 3.63) is 35.7 Å². The number of hydrogen-bond donors (Lipinski definition) is 2. The van der Waals surface area contributed by atoms with Crippen molar-refractivity contribution in [1.82, 2.24) is 20.6 Å². The molecule has 4 aliphatic rings. The maximum Gasteiger partial charge on any atom is 0.260 e. The first-order valence-corrected chi connectivity index (χ1v) is 12.8. The Bertz CT molecular complexity index is 950. The number of carbonyl (C=O) groups is 1. The second-order valence-electron chi connectivity index (χ2n) is 10.4. The number of fused-ring (bicyclic) bond motifs is 1. The topological polar surface area (TPSA) is 66.1 Å². The summed E-state index contributed by atoms with van der Waals surface area (Å²) in [5.41, 5.74) is 1.62. The molecule has 3 saturated heterocycles. The van der Waals surface area contributed by atoms with Crippen LogP contribution in [-0.2, 0) is 9.63 Å². The molecule has 9 heteroatoms. The van der Waals surface area contributed by atoms with Crippen LogP contribution in [0, 0.1) is 11.7 Å². The van der Waals surface area contributed by atoms with Gasteiger partial charge in [0.15, 0.2) is 5.67 Å². The third-order valence-corrected chi connectivity index (χ3v) is 8.07. The molecule has 0 aromatic heterocycles. The van der Waals surface area contributed by atoms with Crippen molar-refractivity contribution in [1.29, 1.82) is 0 Å². The Morgan fingerprint density at radius 2 is 1.89 bits per heavy atom. The number of nitrogens with one attached hydrogen (secondary N) is 2. The van der Waals surface area contributed by atoms with Crippen LogP contribution in [0.2, 0.25) is 0 Å². The predicted octanol–water partition coefficient (Wildman–Crippen LogP) is 2.87. The number of hydrogen-bond acceptors (Lipinski definition) is 6. The van der Waals surface area contributed by atoms with Gasteiger partial charge in [-0.05, 0) is 56.1 Å². The maximum absolute atomic E-state index is 15.8. The number of piperidine rings is 3. The molecule has 0 bridgehead atoms. The lowest BCUT2D eigenvalue weighted by molar-refractivity contribution is -0.150. The lowest BCUT2D eigenvalue weighted by Gasteiger charge is -2.45. The third-order valence-electron chi connectivity index (χ3n) is 8.07. The fourth-order valence-electron chi connectivity index (χ4n) is 5.94. The lowest BCUT2D eigenvalue weighted by Crippen LogP contribution is -2.57. The first kappa shape index (κ1) is 24.5. The first-order chi connectivity index (χ1) is 16.9. The number of nitrogens with zero attached hydrogens (tertiary/aromatic N) is 2. The van der Waals surface area contributed by atoms with Gasteiger partial charge in [-0.15, -0.1) is 0 Å². The van der Waals surface area contributed by atoms with Crippen LogP contribution in [-0.4, -0.2) is 79.9 Å². The number of benzene rings is 1. The zero-order valence-corrected chi connectivity index (χ0v) is 20.5. The number of hydroxylamine groups is 1. The summed E-state index contributed by atoms with van der Waals surface area (Å²) in [5.74, 6) is 0.491. The van der Waals surface area contributed by atoms with Crippen LogP contribution in [0.3, 0.4) is 0 Å². The van der Waals surface area contributed by atoms with Crippen LogP contribution >= 0.6 is 0 Å². The highest BCUT2D eigenvalue weighted by Gasteiger charge is 2.47. The van der Waals surface area contributed by atoms with Gasteiger partial charge in [-0.2, -0.15) is 0 Å². The highest BCUT2D eigenvalue weighted by atomic mass is 19.1. The second kappa shape index (κ2) is 10.0. The minimum Gasteiger partial charge on any atom is -0.482 e. The van der Waals surface area contributed by atoms with Crippen molar-refractivity contribution in [2.75, 3.05) is 52.9 Å². The molecule has 3 fully saturated rings. The Kier molecular flexibility index (Phi) is 7.01. The van der Waals surface area contributed by atoms with Gasteiger partial charge in [0.2, 0.25) is 0 Å². The molecule has 4 aliphatic heterocycles. The molecule has 5 rings (SSSR count). The second-order valence-corrected chi connectivity index (χ2v) is 10.4. The van der Waals surface area contributed by atoms with Gasteiger partial charge in [0.25, 0.3) is 5.91 Å². The van der Waals surface area contributed by atoms with Crippen LogP contribution in [0.25, 0.3) is 5.70 Å². The summed E-state index contributed by atoms with van der Waals surface area (Å²) in [6, 6.07) is 4.39. The van der Waals surface area contributed by atoms with Crippen molar-refractivity contribution in [3.8, 4) is 5.75 Å². The Morgan fingerprint density at radius 1 is 1.17 bits per heavy atom. The molecule has 0 radical (unpaired) electrons. The molecule has 4 heterocycles. The third kappa shape index (κ3) is 5.17. The van der Waals surface area contributed by atoms with Crippen LogP contribution in [0.1, 0.15) is 44.1 Å². The lowest BCUT2D eigenvalue weighted by atomic mass is 9.85.